The third kappa shape index (κ3) is 3.42. The molecule has 0 bridgehead atoms. The van der Waals surface area contributed by atoms with E-state index in [1.807, 2.05) is 72.8 Å². The molecule has 0 saturated heterocycles. The topological polar surface area (TPSA) is 59.6 Å². The lowest BCUT2D eigenvalue weighted by Crippen LogP contribution is -2.33. The predicted molar refractivity (Wildman–Crippen MR) is 143 cm³/mol. The Labute approximate surface area is 215 Å². The molecule has 180 valence electrons. The minimum Gasteiger partial charge on any atom is -0.456 e. The Bertz CT molecular complexity index is 1520. The standard InChI is InChI=1S/C30H25ClN2O3/c1-3-14-32-26-17-28-22(15-18(26)2)30(21-9-5-4-8-20(21)29(34)36-30)23-16-19(12-13-27(23)35-28)33-25-11-7-6-10-24(25)31/h4-13,15-17,32-33H,3,14H2,1-2H3. The van der Waals surface area contributed by atoms with Gasteiger partial charge in [-0.2, -0.15) is 0 Å². The van der Waals surface area contributed by atoms with Gasteiger partial charge in [0.2, 0.25) is 0 Å². The van der Waals surface area contributed by atoms with Crippen LogP contribution in [0, 0.1) is 6.92 Å². The van der Waals surface area contributed by atoms with E-state index in [4.69, 9.17) is 21.1 Å². The molecule has 0 fully saturated rings. The Kier molecular flexibility index (Phi) is 5.38. The Balaban J connectivity index is 1.56. The monoisotopic (exact) mass is 496 g/mol. The first kappa shape index (κ1) is 22.5. The fraction of sp³-hybridized carbons (Fsp3) is 0.167. The number of hydrogen-bond donors (Lipinski definition) is 2. The fourth-order valence-corrected chi connectivity index (χ4v) is 5.25. The average molecular weight is 497 g/mol. The number of ether oxygens (including phenoxy) is 2. The first-order valence-corrected chi connectivity index (χ1v) is 12.4. The molecule has 0 aliphatic carbocycles. The molecular weight excluding hydrogens is 472 g/mol. The van der Waals surface area contributed by atoms with E-state index in [2.05, 4.69) is 30.5 Å². The summed E-state index contributed by atoms with van der Waals surface area (Å²) < 4.78 is 12.8. The van der Waals surface area contributed by atoms with Gasteiger partial charge in [0, 0.05) is 40.7 Å². The number of anilines is 3. The fourth-order valence-electron chi connectivity index (χ4n) is 5.07. The zero-order valence-electron chi connectivity index (χ0n) is 20.0. The molecule has 1 atom stereocenters. The van der Waals surface area contributed by atoms with Gasteiger partial charge in [-0.15, -0.1) is 0 Å². The molecule has 2 heterocycles. The molecule has 0 radical (unpaired) electrons. The summed E-state index contributed by atoms with van der Waals surface area (Å²) in [6.07, 6.45) is 1.01. The summed E-state index contributed by atoms with van der Waals surface area (Å²) in [5.74, 6) is 0.963. The van der Waals surface area contributed by atoms with Gasteiger partial charge in [0.05, 0.1) is 16.3 Å². The Morgan fingerprint density at radius 2 is 1.64 bits per heavy atom. The number of para-hydroxylation sites is 1. The SMILES string of the molecule is CCCNc1cc2c(cc1C)C1(OC(=O)c3ccccc31)c1cc(Nc3ccccc3Cl)ccc1O2. The molecule has 0 aromatic heterocycles. The molecule has 36 heavy (non-hydrogen) atoms. The van der Waals surface area contributed by atoms with Crippen LogP contribution in [-0.2, 0) is 10.3 Å². The maximum atomic E-state index is 13.2. The summed E-state index contributed by atoms with van der Waals surface area (Å²) in [6, 6.07) is 25.1. The van der Waals surface area contributed by atoms with E-state index in [1.54, 1.807) is 0 Å². The van der Waals surface area contributed by atoms with Crippen LogP contribution in [0.5, 0.6) is 11.5 Å². The van der Waals surface area contributed by atoms with Gasteiger partial charge in [-0.05, 0) is 61.4 Å². The van der Waals surface area contributed by atoms with Crippen LogP contribution in [0.15, 0.2) is 78.9 Å². The van der Waals surface area contributed by atoms with Crippen molar-refractivity contribution < 1.29 is 14.3 Å². The maximum absolute atomic E-state index is 13.2. The van der Waals surface area contributed by atoms with E-state index in [-0.39, 0.29) is 5.97 Å². The van der Waals surface area contributed by atoms with Gasteiger partial charge in [-0.25, -0.2) is 4.79 Å². The molecule has 6 heteroatoms. The largest absolute Gasteiger partial charge is 0.456 e. The molecule has 2 aliphatic heterocycles. The highest BCUT2D eigenvalue weighted by molar-refractivity contribution is 6.33. The zero-order chi connectivity index (χ0) is 24.9. The second kappa shape index (κ2) is 8.61. The molecule has 2 aliphatic rings. The van der Waals surface area contributed by atoms with Crippen LogP contribution < -0.4 is 15.4 Å². The summed E-state index contributed by atoms with van der Waals surface area (Å²) in [4.78, 5) is 13.2. The van der Waals surface area contributed by atoms with Crippen LogP contribution in [-0.4, -0.2) is 12.5 Å². The predicted octanol–water partition coefficient (Wildman–Crippen LogP) is 7.78. The van der Waals surface area contributed by atoms with Crippen LogP contribution in [0.25, 0.3) is 0 Å². The number of esters is 1. The van der Waals surface area contributed by atoms with Crippen molar-refractivity contribution in [1.82, 2.24) is 0 Å². The first-order valence-electron chi connectivity index (χ1n) is 12.1. The Hall–Kier alpha value is -3.96. The van der Waals surface area contributed by atoms with Gasteiger partial charge in [-0.3, -0.25) is 0 Å². The maximum Gasteiger partial charge on any atom is 0.340 e. The zero-order valence-corrected chi connectivity index (χ0v) is 20.8. The number of aryl methyl sites for hydroxylation is 1. The molecule has 6 rings (SSSR count). The van der Waals surface area contributed by atoms with Crippen molar-refractivity contribution in [1.29, 1.82) is 0 Å². The van der Waals surface area contributed by atoms with Gasteiger partial charge >= 0.3 is 5.97 Å². The minimum absolute atomic E-state index is 0.347. The molecular formula is C30H25ClN2O3. The molecule has 4 aromatic carbocycles. The average Bonchev–Trinajstić information content (AvgIpc) is 3.18. The van der Waals surface area contributed by atoms with Crippen molar-refractivity contribution in [2.75, 3.05) is 17.2 Å². The van der Waals surface area contributed by atoms with Gasteiger partial charge in [0.1, 0.15) is 11.5 Å². The van der Waals surface area contributed by atoms with E-state index in [1.165, 1.54) is 0 Å². The molecule has 2 N–H and O–H groups in total. The normalized spacial score (nSPS) is 17.0. The molecule has 0 saturated carbocycles. The molecule has 0 amide bonds. The van der Waals surface area contributed by atoms with Gasteiger partial charge < -0.3 is 20.1 Å². The highest BCUT2D eigenvalue weighted by atomic mass is 35.5. The number of halogens is 1. The van der Waals surface area contributed by atoms with Crippen LogP contribution in [0.2, 0.25) is 5.02 Å². The van der Waals surface area contributed by atoms with Crippen LogP contribution in [0.3, 0.4) is 0 Å². The molecule has 1 unspecified atom stereocenters. The number of fused-ring (bicyclic) bond motifs is 6. The lowest BCUT2D eigenvalue weighted by Gasteiger charge is -2.37. The summed E-state index contributed by atoms with van der Waals surface area (Å²) in [7, 11) is 0. The summed E-state index contributed by atoms with van der Waals surface area (Å²) in [6.45, 7) is 5.04. The van der Waals surface area contributed by atoms with Crippen LogP contribution in [0.4, 0.5) is 17.1 Å². The minimum atomic E-state index is -1.12. The second-order valence-corrected chi connectivity index (χ2v) is 9.53. The van der Waals surface area contributed by atoms with E-state index in [9.17, 15) is 4.79 Å². The second-order valence-electron chi connectivity index (χ2n) is 9.12. The van der Waals surface area contributed by atoms with Crippen molar-refractivity contribution in [3.63, 3.8) is 0 Å². The van der Waals surface area contributed by atoms with Gasteiger partial charge in [0.15, 0.2) is 5.60 Å². The first-order chi connectivity index (χ1) is 17.5. The van der Waals surface area contributed by atoms with E-state index >= 15 is 0 Å². The van der Waals surface area contributed by atoms with Gasteiger partial charge in [0.25, 0.3) is 0 Å². The number of benzene rings is 4. The van der Waals surface area contributed by atoms with Crippen LogP contribution in [0.1, 0.15) is 46.0 Å². The smallest absolute Gasteiger partial charge is 0.340 e. The van der Waals surface area contributed by atoms with E-state index in [0.717, 1.165) is 52.3 Å². The third-order valence-corrected chi connectivity index (χ3v) is 7.10. The Morgan fingerprint density at radius 1 is 0.861 bits per heavy atom. The lowest BCUT2D eigenvalue weighted by atomic mass is 9.77. The van der Waals surface area contributed by atoms with Crippen LogP contribution >= 0.6 is 11.6 Å². The quantitative estimate of drug-likeness (QED) is 0.276. The van der Waals surface area contributed by atoms with Crippen molar-refractivity contribution in [3.05, 3.63) is 112 Å². The van der Waals surface area contributed by atoms with E-state index in [0.29, 0.717) is 22.1 Å². The summed E-state index contributed by atoms with van der Waals surface area (Å²) in [5, 5.41) is 7.49. The van der Waals surface area contributed by atoms with E-state index < -0.39 is 5.60 Å². The molecule has 5 nitrogen and oxygen atoms in total. The Morgan fingerprint density at radius 3 is 2.47 bits per heavy atom. The lowest BCUT2D eigenvalue weighted by molar-refractivity contribution is 0.0224. The number of hydrogen-bond acceptors (Lipinski definition) is 5. The summed E-state index contributed by atoms with van der Waals surface area (Å²) in [5.41, 5.74) is 5.48. The summed E-state index contributed by atoms with van der Waals surface area (Å²) >= 11 is 6.40. The number of nitrogens with one attached hydrogen (secondary N) is 2. The van der Waals surface area contributed by atoms with Crippen molar-refractivity contribution >= 4 is 34.6 Å². The number of carbonyl (C=O) groups excluding carboxylic acids is 1. The van der Waals surface area contributed by atoms with Gasteiger partial charge in [-0.1, -0.05) is 48.9 Å². The molecule has 4 aromatic rings. The van der Waals surface area contributed by atoms with Crippen molar-refractivity contribution in [2.45, 2.75) is 25.9 Å². The number of carbonyl (C=O) groups is 1. The third-order valence-electron chi connectivity index (χ3n) is 6.78. The highest BCUT2D eigenvalue weighted by Gasteiger charge is 2.53. The molecule has 1 spiro atoms. The highest BCUT2D eigenvalue weighted by Crippen LogP contribution is 2.57. The van der Waals surface area contributed by atoms with Crippen molar-refractivity contribution in [2.24, 2.45) is 0 Å². The van der Waals surface area contributed by atoms with Crippen molar-refractivity contribution in [3.8, 4) is 11.5 Å². The number of rotatable bonds is 5.